The molecule has 0 spiro atoms. The number of carbonyl (C=O) groups excluding carboxylic acids is 1. The van der Waals surface area contributed by atoms with E-state index in [1.807, 2.05) is 48.4 Å². The minimum atomic E-state index is 0.0149. The van der Waals surface area contributed by atoms with Gasteiger partial charge in [0, 0.05) is 49.5 Å². The number of hydrogen-bond donors (Lipinski definition) is 0. The summed E-state index contributed by atoms with van der Waals surface area (Å²) in [5.41, 5.74) is 2.93. The Kier molecular flexibility index (Phi) is 4.94. The largest absolute Gasteiger partial charge is 0.451 e. The molecule has 5 heteroatoms. The van der Waals surface area contributed by atoms with Crippen molar-refractivity contribution >= 4 is 16.9 Å². The zero-order valence-corrected chi connectivity index (χ0v) is 15.9. The van der Waals surface area contributed by atoms with Gasteiger partial charge in [-0.15, -0.1) is 0 Å². The summed E-state index contributed by atoms with van der Waals surface area (Å²) in [6, 6.07) is 11.9. The van der Waals surface area contributed by atoms with Crippen LogP contribution in [-0.4, -0.2) is 47.4 Å². The van der Waals surface area contributed by atoms with Gasteiger partial charge in [0.15, 0.2) is 5.76 Å². The van der Waals surface area contributed by atoms with Crippen molar-refractivity contribution in [3.05, 3.63) is 65.7 Å². The molecule has 140 valence electrons. The third-order valence-electron chi connectivity index (χ3n) is 5.36. The fraction of sp³-hybridized carbons (Fsp3) is 0.364. The standard InChI is InChI=1S/C22H25N3O2/c1-16-19-7-3-4-8-20(19)27-21(16)22(26)25-11-9-18(15-25)14-24(2)13-17-6-5-10-23-12-17/h3-8,10,12,18H,9,11,13-15H2,1-2H3. The molecule has 3 heterocycles. The van der Waals surface area contributed by atoms with Gasteiger partial charge in [0.05, 0.1) is 0 Å². The molecule has 1 aliphatic rings. The number of benzene rings is 1. The van der Waals surface area contributed by atoms with Crippen molar-refractivity contribution in [2.75, 3.05) is 26.7 Å². The van der Waals surface area contributed by atoms with E-state index in [-0.39, 0.29) is 5.91 Å². The summed E-state index contributed by atoms with van der Waals surface area (Å²) in [5.74, 6) is 0.988. The SMILES string of the molecule is Cc1c(C(=O)N2CCC(CN(C)Cc3cccnc3)C2)oc2ccccc12. The lowest BCUT2D eigenvalue weighted by atomic mass is 10.1. The molecule has 0 aliphatic carbocycles. The monoisotopic (exact) mass is 363 g/mol. The van der Waals surface area contributed by atoms with Gasteiger partial charge in [-0.2, -0.15) is 0 Å². The molecule has 0 N–H and O–H groups in total. The Balaban J connectivity index is 1.38. The van der Waals surface area contributed by atoms with Crippen LogP contribution in [0.4, 0.5) is 0 Å². The maximum atomic E-state index is 13.0. The second-order valence-corrected chi connectivity index (χ2v) is 7.52. The number of furan rings is 1. The first-order chi connectivity index (χ1) is 13.1. The summed E-state index contributed by atoms with van der Waals surface area (Å²) in [4.78, 5) is 21.4. The highest BCUT2D eigenvalue weighted by atomic mass is 16.3. The van der Waals surface area contributed by atoms with E-state index in [1.54, 1.807) is 6.20 Å². The second-order valence-electron chi connectivity index (χ2n) is 7.52. The number of likely N-dealkylation sites (tertiary alicyclic amines) is 1. The number of rotatable bonds is 5. The Morgan fingerprint density at radius 2 is 2.15 bits per heavy atom. The van der Waals surface area contributed by atoms with Gasteiger partial charge in [-0.05, 0) is 44.0 Å². The van der Waals surface area contributed by atoms with Crippen LogP contribution in [0.3, 0.4) is 0 Å². The Bertz CT molecular complexity index is 935. The molecule has 4 rings (SSSR count). The predicted octanol–water partition coefficient (Wildman–Crippen LogP) is 3.73. The maximum Gasteiger partial charge on any atom is 0.289 e. The van der Waals surface area contributed by atoms with Crippen LogP contribution in [0.5, 0.6) is 0 Å². The Labute approximate surface area is 159 Å². The van der Waals surface area contributed by atoms with E-state index < -0.39 is 0 Å². The number of para-hydroxylation sites is 1. The molecular formula is C22H25N3O2. The molecule has 1 fully saturated rings. The predicted molar refractivity (Wildman–Crippen MR) is 106 cm³/mol. The highest BCUT2D eigenvalue weighted by molar-refractivity contribution is 5.99. The zero-order chi connectivity index (χ0) is 18.8. The molecule has 1 unspecified atom stereocenters. The van der Waals surface area contributed by atoms with E-state index in [0.717, 1.165) is 49.1 Å². The van der Waals surface area contributed by atoms with E-state index in [4.69, 9.17) is 4.42 Å². The van der Waals surface area contributed by atoms with Gasteiger partial charge in [0.25, 0.3) is 5.91 Å². The summed E-state index contributed by atoms with van der Waals surface area (Å²) >= 11 is 0. The van der Waals surface area contributed by atoms with Crippen LogP contribution < -0.4 is 0 Å². The molecule has 0 radical (unpaired) electrons. The summed E-state index contributed by atoms with van der Waals surface area (Å²) in [7, 11) is 2.13. The molecule has 3 aromatic rings. The summed E-state index contributed by atoms with van der Waals surface area (Å²) < 4.78 is 5.86. The van der Waals surface area contributed by atoms with Crippen LogP contribution in [0.1, 0.15) is 28.1 Å². The number of carbonyl (C=O) groups is 1. The number of fused-ring (bicyclic) bond motifs is 1. The van der Waals surface area contributed by atoms with E-state index in [1.165, 1.54) is 5.56 Å². The van der Waals surface area contributed by atoms with Gasteiger partial charge in [0.2, 0.25) is 0 Å². The first kappa shape index (κ1) is 17.7. The van der Waals surface area contributed by atoms with Crippen LogP contribution in [0, 0.1) is 12.8 Å². The Morgan fingerprint density at radius 3 is 2.93 bits per heavy atom. The van der Waals surface area contributed by atoms with Gasteiger partial charge >= 0.3 is 0 Å². The van der Waals surface area contributed by atoms with Crippen molar-refractivity contribution < 1.29 is 9.21 Å². The van der Waals surface area contributed by atoms with Gasteiger partial charge < -0.3 is 14.2 Å². The van der Waals surface area contributed by atoms with Gasteiger partial charge in [0.1, 0.15) is 5.58 Å². The third-order valence-corrected chi connectivity index (χ3v) is 5.36. The number of amides is 1. The molecule has 5 nitrogen and oxygen atoms in total. The smallest absolute Gasteiger partial charge is 0.289 e. The maximum absolute atomic E-state index is 13.0. The number of hydrogen-bond acceptors (Lipinski definition) is 4. The average Bonchev–Trinajstić information content (AvgIpc) is 3.27. The average molecular weight is 363 g/mol. The molecule has 1 atom stereocenters. The highest BCUT2D eigenvalue weighted by Gasteiger charge is 2.30. The summed E-state index contributed by atoms with van der Waals surface area (Å²) in [6.45, 7) is 5.39. The molecule has 0 bridgehead atoms. The van der Waals surface area contributed by atoms with Gasteiger partial charge in [-0.25, -0.2) is 0 Å². The van der Waals surface area contributed by atoms with Crippen molar-refractivity contribution in [2.45, 2.75) is 19.9 Å². The first-order valence-electron chi connectivity index (χ1n) is 9.46. The van der Waals surface area contributed by atoms with Gasteiger partial charge in [-0.1, -0.05) is 24.3 Å². The molecule has 27 heavy (non-hydrogen) atoms. The molecule has 2 aromatic heterocycles. The molecule has 1 aromatic carbocycles. The molecule has 1 amide bonds. The molecule has 0 saturated carbocycles. The van der Waals surface area contributed by atoms with Gasteiger partial charge in [-0.3, -0.25) is 9.78 Å². The zero-order valence-electron chi connectivity index (χ0n) is 15.9. The fourth-order valence-electron chi connectivity index (χ4n) is 4.00. The number of aromatic nitrogens is 1. The van der Waals surface area contributed by atoms with Crippen LogP contribution in [-0.2, 0) is 6.54 Å². The van der Waals surface area contributed by atoms with Crippen molar-refractivity contribution in [1.82, 2.24) is 14.8 Å². The van der Waals surface area contributed by atoms with Crippen LogP contribution in [0.15, 0.2) is 53.2 Å². The quantitative estimate of drug-likeness (QED) is 0.693. The molecule has 1 saturated heterocycles. The Morgan fingerprint density at radius 1 is 1.30 bits per heavy atom. The minimum Gasteiger partial charge on any atom is -0.451 e. The van der Waals surface area contributed by atoms with Crippen LogP contribution in [0.25, 0.3) is 11.0 Å². The fourth-order valence-corrected chi connectivity index (χ4v) is 4.00. The van der Waals surface area contributed by atoms with E-state index in [9.17, 15) is 4.79 Å². The number of pyridine rings is 1. The summed E-state index contributed by atoms with van der Waals surface area (Å²) in [5, 5.41) is 1.02. The normalized spacial score (nSPS) is 17.1. The lowest BCUT2D eigenvalue weighted by molar-refractivity contribution is 0.0754. The van der Waals surface area contributed by atoms with Crippen molar-refractivity contribution in [1.29, 1.82) is 0 Å². The molecular weight excluding hydrogens is 338 g/mol. The van der Waals surface area contributed by atoms with Crippen LogP contribution >= 0.6 is 0 Å². The minimum absolute atomic E-state index is 0.0149. The Hall–Kier alpha value is -2.66. The van der Waals surface area contributed by atoms with E-state index in [2.05, 4.69) is 23.0 Å². The lowest BCUT2D eigenvalue weighted by Crippen LogP contribution is -2.31. The molecule has 1 aliphatic heterocycles. The topological polar surface area (TPSA) is 49.6 Å². The van der Waals surface area contributed by atoms with E-state index in [0.29, 0.717) is 11.7 Å². The van der Waals surface area contributed by atoms with E-state index >= 15 is 0 Å². The van der Waals surface area contributed by atoms with Crippen molar-refractivity contribution in [2.24, 2.45) is 5.92 Å². The number of aryl methyl sites for hydroxylation is 1. The van der Waals surface area contributed by atoms with Crippen molar-refractivity contribution in [3.63, 3.8) is 0 Å². The first-order valence-corrected chi connectivity index (χ1v) is 9.46. The third kappa shape index (κ3) is 3.74. The second kappa shape index (κ2) is 7.53. The number of nitrogens with zero attached hydrogens (tertiary/aromatic N) is 3. The summed E-state index contributed by atoms with van der Waals surface area (Å²) in [6.07, 6.45) is 4.73. The highest BCUT2D eigenvalue weighted by Crippen LogP contribution is 2.28. The van der Waals surface area contributed by atoms with Crippen molar-refractivity contribution in [3.8, 4) is 0 Å². The van der Waals surface area contributed by atoms with Crippen LogP contribution in [0.2, 0.25) is 0 Å². The lowest BCUT2D eigenvalue weighted by Gasteiger charge is -2.21.